The number of quaternary nitrogens is 1. The molecule has 0 spiro atoms. The van der Waals surface area contributed by atoms with Crippen molar-refractivity contribution in [1.29, 1.82) is 0 Å². The molecule has 1 heterocycles. The molecule has 0 radical (unpaired) electrons. The Morgan fingerprint density at radius 2 is 1.22 bits per heavy atom. The topological polar surface area (TPSA) is 107 Å². The van der Waals surface area contributed by atoms with Crippen LogP contribution in [0.3, 0.4) is 0 Å². The van der Waals surface area contributed by atoms with Gasteiger partial charge < -0.3 is 32.6 Å². The molecule has 1 fully saturated rings. The monoisotopic (exact) mass is 782 g/mol. The van der Waals surface area contributed by atoms with Gasteiger partial charge in [0, 0.05) is 13.0 Å². The maximum absolute atomic E-state index is 12.7. The van der Waals surface area contributed by atoms with Gasteiger partial charge in [-0.25, -0.2) is 0 Å². The maximum Gasteiger partial charge on any atom is 0.306 e. The highest BCUT2D eigenvalue weighted by Crippen LogP contribution is 2.38. The number of unbranched alkanes of at least 4 members (excludes halogenated alkanes) is 14. The van der Waals surface area contributed by atoms with Crippen LogP contribution >= 0.6 is 7.82 Å². The number of phosphoric ester groups is 1. The molecule has 1 saturated heterocycles. The molecule has 9 nitrogen and oxygen atoms in total. The first-order valence-electron chi connectivity index (χ1n) is 21.5. The van der Waals surface area contributed by atoms with E-state index in [0.717, 1.165) is 51.4 Å². The predicted octanol–water partition coefficient (Wildman–Crippen LogP) is 10.7. The van der Waals surface area contributed by atoms with Crippen LogP contribution in [-0.2, 0) is 32.6 Å². The van der Waals surface area contributed by atoms with Crippen LogP contribution < -0.4 is 4.89 Å². The number of allylic oxidation sites excluding steroid dienone is 6. The second kappa shape index (κ2) is 33.5. The fourth-order valence-electron chi connectivity index (χ4n) is 5.86. The van der Waals surface area contributed by atoms with Gasteiger partial charge in [0.2, 0.25) is 0 Å². The van der Waals surface area contributed by atoms with Crippen LogP contribution in [0, 0.1) is 0 Å². The number of phosphoric acid groups is 1. The Labute approximate surface area is 331 Å². The molecule has 0 bridgehead atoms. The number of hydrogen-bond donors (Lipinski definition) is 0. The zero-order valence-electron chi connectivity index (χ0n) is 35.1. The van der Waals surface area contributed by atoms with E-state index in [4.69, 9.17) is 23.3 Å². The standard InChI is InChI=1S/C44H80NO8P/c1-6-8-10-12-14-15-16-17-18-19-20-24-28-32-37-49-39-41(40-51-54(47,48)50-38-36-45(3,4)5)52-44(46)35-31-27-23-21-22-26-30-34-43-42(53-43)33-29-25-13-11-9-7-2/h9,11,21,23,25-26,29-30,41-43H,6-8,10,12-20,22,24,27-28,31-40H2,1-5H3/b11-9-,23-21-,29-25-,30-26-. The Hall–Kier alpha value is -1.58. The maximum atomic E-state index is 12.7. The first-order valence-corrected chi connectivity index (χ1v) is 23.0. The molecule has 0 aromatic carbocycles. The van der Waals surface area contributed by atoms with Crippen molar-refractivity contribution in [3.05, 3.63) is 48.6 Å². The summed E-state index contributed by atoms with van der Waals surface area (Å²) in [6.45, 7) is 5.20. The van der Waals surface area contributed by atoms with E-state index in [1.165, 1.54) is 77.0 Å². The summed E-state index contributed by atoms with van der Waals surface area (Å²) in [6, 6.07) is 0. The van der Waals surface area contributed by atoms with Gasteiger partial charge in [-0.1, -0.05) is 146 Å². The zero-order chi connectivity index (χ0) is 39.6. The van der Waals surface area contributed by atoms with Gasteiger partial charge in [0.15, 0.2) is 0 Å². The molecule has 314 valence electrons. The van der Waals surface area contributed by atoms with Gasteiger partial charge in [-0.3, -0.25) is 9.36 Å². The van der Waals surface area contributed by atoms with Gasteiger partial charge in [0.25, 0.3) is 7.82 Å². The van der Waals surface area contributed by atoms with Crippen LogP contribution in [0.15, 0.2) is 48.6 Å². The molecule has 0 saturated carbocycles. The van der Waals surface area contributed by atoms with E-state index in [9.17, 15) is 14.3 Å². The molecule has 54 heavy (non-hydrogen) atoms. The molecule has 4 atom stereocenters. The molecular weight excluding hydrogens is 701 g/mol. The molecule has 10 heteroatoms. The minimum atomic E-state index is -4.54. The van der Waals surface area contributed by atoms with Gasteiger partial charge in [0.05, 0.1) is 46.6 Å². The first-order chi connectivity index (χ1) is 26.1. The third-order valence-corrected chi connectivity index (χ3v) is 10.3. The van der Waals surface area contributed by atoms with Crippen molar-refractivity contribution in [3.63, 3.8) is 0 Å². The lowest BCUT2D eigenvalue weighted by molar-refractivity contribution is -0.870. The van der Waals surface area contributed by atoms with Crippen molar-refractivity contribution < 1.29 is 42.0 Å². The Morgan fingerprint density at radius 1 is 0.685 bits per heavy atom. The normalized spacial score (nSPS) is 18.0. The highest BCUT2D eigenvalue weighted by Gasteiger charge is 2.36. The fourth-order valence-corrected chi connectivity index (χ4v) is 6.59. The highest BCUT2D eigenvalue weighted by molar-refractivity contribution is 7.45. The first kappa shape index (κ1) is 50.4. The van der Waals surface area contributed by atoms with E-state index in [0.29, 0.717) is 36.3 Å². The number of ether oxygens (including phenoxy) is 3. The van der Waals surface area contributed by atoms with Crippen LogP contribution in [0.25, 0.3) is 0 Å². The van der Waals surface area contributed by atoms with Crippen molar-refractivity contribution in [3.8, 4) is 0 Å². The molecular formula is C44H80NO8P. The minimum absolute atomic E-state index is 0.0124. The Kier molecular flexibility index (Phi) is 31.3. The second-order valence-electron chi connectivity index (χ2n) is 15.7. The summed E-state index contributed by atoms with van der Waals surface area (Å²) in [5.41, 5.74) is 0. The Bertz CT molecular complexity index is 1070. The van der Waals surface area contributed by atoms with Crippen LogP contribution in [0.2, 0.25) is 0 Å². The van der Waals surface area contributed by atoms with E-state index in [1.807, 2.05) is 21.1 Å². The Balaban J connectivity index is 2.28. The molecule has 0 N–H and O–H groups in total. The van der Waals surface area contributed by atoms with Crippen LogP contribution in [-0.4, -0.2) is 82.9 Å². The summed E-state index contributed by atoms with van der Waals surface area (Å²) in [5.74, 6) is -0.394. The zero-order valence-corrected chi connectivity index (χ0v) is 36.0. The third-order valence-electron chi connectivity index (χ3n) is 9.30. The van der Waals surface area contributed by atoms with E-state index >= 15 is 0 Å². The fraction of sp³-hybridized carbons (Fsp3) is 0.795. The lowest BCUT2D eigenvalue weighted by Gasteiger charge is -2.28. The van der Waals surface area contributed by atoms with E-state index < -0.39 is 19.9 Å². The van der Waals surface area contributed by atoms with Crippen LogP contribution in [0.5, 0.6) is 0 Å². The molecule has 1 aliphatic heterocycles. The quantitative estimate of drug-likeness (QED) is 0.0152. The number of rotatable bonds is 38. The predicted molar refractivity (Wildman–Crippen MR) is 221 cm³/mol. The number of hydrogen-bond acceptors (Lipinski definition) is 8. The lowest BCUT2D eigenvalue weighted by Crippen LogP contribution is -2.37. The number of likely N-dealkylation sites (N-methyl/N-ethyl adjacent to an activating group) is 1. The third kappa shape index (κ3) is 33.7. The van der Waals surface area contributed by atoms with Crippen molar-refractivity contribution in [2.24, 2.45) is 0 Å². The summed E-state index contributed by atoms with van der Waals surface area (Å²) < 4.78 is 40.2. The average molecular weight is 782 g/mol. The molecule has 0 aliphatic carbocycles. The smallest absolute Gasteiger partial charge is 0.306 e. The molecule has 4 unspecified atom stereocenters. The van der Waals surface area contributed by atoms with Crippen molar-refractivity contribution >= 4 is 13.8 Å². The highest BCUT2D eigenvalue weighted by atomic mass is 31.2. The molecule has 0 aromatic rings. The number of esters is 1. The number of epoxide rings is 1. The van der Waals surface area contributed by atoms with Crippen molar-refractivity contribution in [2.45, 2.75) is 173 Å². The summed E-state index contributed by atoms with van der Waals surface area (Å²) >= 11 is 0. The van der Waals surface area contributed by atoms with Gasteiger partial charge in [-0.15, -0.1) is 0 Å². The van der Waals surface area contributed by atoms with Crippen molar-refractivity contribution in [2.75, 3.05) is 54.1 Å². The summed E-state index contributed by atoms with van der Waals surface area (Å²) in [6.07, 6.45) is 41.6. The largest absolute Gasteiger partial charge is 0.756 e. The molecule has 0 amide bonds. The molecule has 1 aliphatic rings. The number of nitrogens with zero attached hydrogens (tertiary/aromatic N) is 1. The van der Waals surface area contributed by atoms with Gasteiger partial charge in [-0.05, 0) is 51.4 Å². The average Bonchev–Trinajstić information content (AvgIpc) is 3.88. The molecule has 0 aromatic heterocycles. The van der Waals surface area contributed by atoms with Gasteiger partial charge in [-0.2, -0.15) is 0 Å². The number of carbonyl (C=O) groups excluding carboxylic acids is 1. The second-order valence-corrected chi connectivity index (χ2v) is 17.1. The van der Waals surface area contributed by atoms with Gasteiger partial charge in [0.1, 0.15) is 19.3 Å². The van der Waals surface area contributed by atoms with E-state index in [1.54, 1.807) is 0 Å². The minimum Gasteiger partial charge on any atom is -0.756 e. The lowest BCUT2D eigenvalue weighted by atomic mass is 10.0. The van der Waals surface area contributed by atoms with Gasteiger partial charge >= 0.3 is 5.97 Å². The SMILES string of the molecule is CC/C=C\C/C=C\CC1OC1C/C=C\C/C=C\CCCC(=O)OC(COCCCCCCCCCCCCCCCC)COP(=O)([O-])OCC[N+](C)(C)C. The summed E-state index contributed by atoms with van der Waals surface area (Å²) in [5, 5.41) is 0. The van der Waals surface area contributed by atoms with E-state index in [-0.39, 0.29) is 26.2 Å². The Morgan fingerprint density at radius 3 is 1.78 bits per heavy atom. The van der Waals surface area contributed by atoms with E-state index in [2.05, 4.69) is 62.5 Å². The number of carbonyl (C=O) groups is 1. The van der Waals surface area contributed by atoms with Crippen LogP contribution in [0.1, 0.15) is 155 Å². The van der Waals surface area contributed by atoms with Crippen molar-refractivity contribution in [1.82, 2.24) is 0 Å². The summed E-state index contributed by atoms with van der Waals surface area (Å²) in [7, 11) is 1.31. The van der Waals surface area contributed by atoms with Crippen LogP contribution in [0.4, 0.5) is 0 Å². The molecule has 1 rings (SSSR count). The summed E-state index contributed by atoms with van der Waals surface area (Å²) in [4.78, 5) is 25.0.